The van der Waals surface area contributed by atoms with Crippen LogP contribution in [0, 0.1) is 10.1 Å². The van der Waals surface area contributed by atoms with Crippen molar-refractivity contribution in [3.8, 4) is 0 Å². The molecule has 1 atom stereocenters. The third-order valence-electron chi connectivity index (χ3n) is 2.73. The lowest BCUT2D eigenvalue weighted by Crippen LogP contribution is -2.09. The maximum atomic E-state index is 10.7. The maximum Gasteiger partial charge on any atom is 0.272 e. The zero-order valence-corrected chi connectivity index (χ0v) is 12.0. The highest BCUT2D eigenvalue weighted by molar-refractivity contribution is 6.39. The van der Waals surface area contributed by atoms with E-state index in [-0.39, 0.29) is 21.8 Å². The third kappa shape index (κ3) is 3.18. The number of nitro benzene ring substituents is 1. The molecule has 0 aliphatic carbocycles. The van der Waals surface area contributed by atoms with Crippen LogP contribution in [0.1, 0.15) is 18.7 Å². The molecule has 0 spiro atoms. The minimum Gasteiger partial charge on any atom is -0.375 e. The molecule has 0 saturated heterocycles. The average Bonchev–Trinajstić information content (AvgIpc) is 2.43. The minimum atomic E-state index is -0.538. The summed E-state index contributed by atoms with van der Waals surface area (Å²) in [5, 5.41) is 14.2. The van der Waals surface area contributed by atoms with E-state index in [1.165, 1.54) is 12.1 Å². The molecule has 2 rings (SSSR count). The third-order valence-corrected chi connectivity index (χ3v) is 3.33. The van der Waals surface area contributed by atoms with E-state index in [1.54, 1.807) is 6.20 Å². The van der Waals surface area contributed by atoms with Crippen molar-refractivity contribution in [3.63, 3.8) is 0 Å². The van der Waals surface area contributed by atoms with Gasteiger partial charge in [-0.1, -0.05) is 29.3 Å². The standard InChI is InChI=1S/C13H11Cl2N3O2/c1-8(12-4-2-3-5-16-12)17-13-10(14)6-9(18(19)20)7-11(13)15/h2-8,17H,1H3. The van der Waals surface area contributed by atoms with Gasteiger partial charge in [0.25, 0.3) is 5.69 Å². The maximum absolute atomic E-state index is 10.7. The highest BCUT2D eigenvalue weighted by Gasteiger charge is 2.16. The smallest absolute Gasteiger partial charge is 0.272 e. The molecule has 0 amide bonds. The Kier molecular flexibility index (Phi) is 4.42. The first-order valence-electron chi connectivity index (χ1n) is 5.80. The van der Waals surface area contributed by atoms with Crippen LogP contribution < -0.4 is 5.32 Å². The number of benzene rings is 1. The Morgan fingerprint density at radius 2 is 1.95 bits per heavy atom. The van der Waals surface area contributed by atoms with E-state index < -0.39 is 4.92 Å². The first-order chi connectivity index (χ1) is 9.49. The number of hydrogen-bond acceptors (Lipinski definition) is 4. The molecule has 1 heterocycles. The van der Waals surface area contributed by atoms with Gasteiger partial charge >= 0.3 is 0 Å². The quantitative estimate of drug-likeness (QED) is 0.668. The highest BCUT2D eigenvalue weighted by Crippen LogP contribution is 2.36. The van der Waals surface area contributed by atoms with Gasteiger partial charge in [-0.2, -0.15) is 0 Å². The van der Waals surface area contributed by atoms with E-state index in [0.717, 1.165) is 5.69 Å². The van der Waals surface area contributed by atoms with Crippen LogP contribution >= 0.6 is 23.2 Å². The normalized spacial score (nSPS) is 11.9. The molecular weight excluding hydrogens is 301 g/mol. The van der Waals surface area contributed by atoms with Crippen LogP contribution in [0.15, 0.2) is 36.5 Å². The van der Waals surface area contributed by atoms with E-state index in [9.17, 15) is 10.1 Å². The monoisotopic (exact) mass is 311 g/mol. The SMILES string of the molecule is CC(Nc1c(Cl)cc([N+](=O)[O-])cc1Cl)c1ccccn1. The Labute approximate surface area is 125 Å². The summed E-state index contributed by atoms with van der Waals surface area (Å²) in [6.07, 6.45) is 1.69. The van der Waals surface area contributed by atoms with Crippen LogP contribution in [0.5, 0.6) is 0 Å². The van der Waals surface area contributed by atoms with E-state index in [2.05, 4.69) is 10.3 Å². The Morgan fingerprint density at radius 1 is 1.30 bits per heavy atom. The summed E-state index contributed by atoms with van der Waals surface area (Å²) >= 11 is 12.1. The first kappa shape index (κ1) is 14.6. The van der Waals surface area contributed by atoms with E-state index in [1.807, 2.05) is 25.1 Å². The van der Waals surface area contributed by atoms with Crippen LogP contribution in [-0.2, 0) is 0 Å². The first-order valence-corrected chi connectivity index (χ1v) is 6.55. The van der Waals surface area contributed by atoms with Crippen LogP contribution in [0.3, 0.4) is 0 Å². The number of nitrogens with zero attached hydrogens (tertiary/aromatic N) is 2. The van der Waals surface area contributed by atoms with Gasteiger partial charge in [0.15, 0.2) is 0 Å². The number of aromatic nitrogens is 1. The van der Waals surface area contributed by atoms with Crippen LogP contribution in [-0.4, -0.2) is 9.91 Å². The second kappa shape index (κ2) is 6.07. The Balaban J connectivity index is 2.28. The second-order valence-corrected chi connectivity index (χ2v) is 4.98. The topological polar surface area (TPSA) is 68.1 Å². The molecule has 0 radical (unpaired) electrons. The molecule has 104 valence electrons. The zero-order valence-electron chi connectivity index (χ0n) is 10.5. The molecule has 0 aliphatic heterocycles. The van der Waals surface area contributed by atoms with Crippen molar-refractivity contribution in [2.75, 3.05) is 5.32 Å². The fourth-order valence-electron chi connectivity index (χ4n) is 1.73. The van der Waals surface area contributed by atoms with Crippen molar-refractivity contribution in [3.05, 3.63) is 62.4 Å². The zero-order chi connectivity index (χ0) is 14.7. The van der Waals surface area contributed by atoms with Gasteiger partial charge in [0.1, 0.15) is 0 Å². The number of hydrogen-bond donors (Lipinski definition) is 1. The van der Waals surface area contributed by atoms with Gasteiger partial charge < -0.3 is 5.32 Å². The fourth-order valence-corrected chi connectivity index (χ4v) is 2.31. The van der Waals surface area contributed by atoms with Gasteiger partial charge in [-0.15, -0.1) is 0 Å². The lowest BCUT2D eigenvalue weighted by atomic mass is 10.2. The predicted octanol–water partition coefficient (Wildman–Crippen LogP) is 4.47. The number of halogens is 2. The van der Waals surface area contributed by atoms with Crippen molar-refractivity contribution >= 4 is 34.6 Å². The van der Waals surface area contributed by atoms with Crippen LogP contribution in [0.25, 0.3) is 0 Å². The number of rotatable bonds is 4. The number of nitro groups is 1. The number of anilines is 1. The molecule has 1 aromatic heterocycles. The summed E-state index contributed by atoms with van der Waals surface area (Å²) in [6, 6.07) is 7.96. The van der Waals surface area contributed by atoms with Crippen molar-refractivity contribution in [1.29, 1.82) is 0 Å². The fraction of sp³-hybridized carbons (Fsp3) is 0.154. The van der Waals surface area contributed by atoms with Gasteiger partial charge in [-0.3, -0.25) is 15.1 Å². The second-order valence-electron chi connectivity index (χ2n) is 4.16. The molecule has 0 bridgehead atoms. The molecule has 20 heavy (non-hydrogen) atoms. The van der Waals surface area contributed by atoms with Gasteiger partial charge in [-0.05, 0) is 19.1 Å². The molecule has 1 unspecified atom stereocenters. The van der Waals surface area contributed by atoms with Crippen molar-refractivity contribution in [2.45, 2.75) is 13.0 Å². The minimum absolute atomic E-state index is 0.132. The summed E-state index contributed by atoms with van der Waals surface area (Å²) in [5.74, 6) is 0. The Hall–Kier alpha value is -1.85. The molecule has 2 aromatic rings. The summed E-state index contributed by atoms with van der Waals surface area (Å²) in [5.41, 5.74) is 1.13. The number of non-ortho nitro benzene ring substituents is 1. The summed E-state index contributed by atoms with van der Waals surface area (Å²) in [4.78, 5) is 14.4. The van der Waals surface area contributed by atoms with Crippen molar-refractivity contribution in [1.82, 2.24) is 4.98 Å². The van der Waals surface area contributed by atoms with E-state index in [0.29, 0.717) is 5.69 Å². The van der Waals surface area contributed by atoms with Crippen LogP contribution in [0.4, 0.5) is 11.4 Å². The molecule has 0 aliphatic rings. The molecule has 7 heteroatoms. The van der Waals surface area contributed by atoms with Crippen LogP contribution in [0.2, 0.25) is 10.0 Å². The molecule has 1 aromatic carbocycles. The highest BCUT2D eigenvalue weighted by atomic mass is 35.5. The Morgan fingerprint density at radius 3 is 2.45 bits per heavy atom. The Bertz CT molecular complexity index is 612. The average molecular weight is 312 g/mol. The van der Waals surface area contributed by atoms with Crippen molar-refractivity contribution in [2.24, 2.45) is 0 Å². The molecular formula is C13H11Cl2N3O2. The molecule has 5 nitrogen and oxygen atoms in total. The summed E-state index contributed by atoms with van der Waals surface area (Å²) in [7, 11) is 0. The van der Waals surface area contributed by atoms with Crippen molar-refractivity contribution < 1.29 is 4.92 Å². The van der Waals surface area contributed by atoms with Gasteiger partial charge in [0, 0.05) is 18.3 Å². The lowest BCUT2D eigenvalue weighted by molar-refractivity contribution is -0.384. The van der Waals surface area contributed by atoms with E-state index >= 15 is 0 Å². The van der Waals surface area contributed by atoms with Gasteiger partial charge in [0.2, 0.25) is 0 Å². The van der Waals surface area contributed by atoms with E-state index in [4.69, 9.17) is 23.2 Å². The lowest BCUT2D eigenvalue weighted by Gasteiger charge is -2.16. The molecule has 0 saturated carbocycles. The molecule has 0 fully saturated rings. The summed E-state index contributed by atoms with van der Waals surface area (Å²) in [6.45, 7) is 1.90. The van der Waals surface area contributed by atoms with Gasteiger partial charge in [0.05, 0.1) is 32.4 Å². The molecule has 1 N–H and O–H groups in total. The predicted molar refractivity (Wildman–Crippen MR) is 79.4 cm³/mol. The largest absolute Gasteiger partial charge is 0.375 e. The van der Waals surface area contributed by atoms with Gasteiger partial charge in [-0.25, -0.2) is 0 Å². The summed E-state index contributed by atoms with van der Waals surface area (Å²) < 4.78 is 0. The number of pyridine rings is 1. The number of nitrogens with one attached hydrogen (secondary N) is 1.